The maximum absolute atomic E-state index is 12.5. The molecule has 0 aliphatic heterocycles. The van der Waals surface area contributed by atoms with Crippen LogP contribution in [0.4, 0.5) is 5.82 Å². The van der Waals surface area contributed by atoms with Gasteiger partial charge in [0.05, 0.1) is 10.6 Å². The Morgan fingerprint density at radius 3 is 2.75 bits per heavy atom. The Kier molecular flexibility index (Phi) is 3.96. The summed E-state index contributed by atoms with van der Waals surface area (Å²) in [5.74, 6) is 1.28. The molecule has 2 fully saturated rings. The molecule has 128 valence electrons. The van der Waals surface area contributed by atoms with Crippen LogP contribution in [-0.2, 0) is 7.05 Å². The minimum absolute atomic E-state index is 0.0403. The fraction of sp³-hybridized carbons (Fsp3) is 0.556. The van der Waals surface area contributed by atoms with Crippen molar-refractivity contribution in [2.24, 2.45) is 7.05 Å². The van der Waals surface area contributed by atoms with Gasteiger partial charge in [0.25, 0.3) is 5.91 Å². The van der Waals surface area contributed by atoms with Crippen molar-refractivity contribution in [3.05, 3.63) is 33.1 Å². The third kappa shape index (κ3) is 3.00. The quantitative estimate of drug-likeness (QED) is 0.874. The zero-order valence-corrected chi connectivity index (χ0v) is 15.2. The molecule has 2 heterocycles. The fourth-order valence-electron chi connectivity index (χ4n) is 3.48. The topological polar surface area (TPSA) is 59.0 Å². The molecule has 24 heavy (non-hydrogen) atoms. The SMILES string of the molecule is Cc1cc(NC(=O)c2cc(C3CC3NC3CCC3)c(C)s2)n(C)n1. The molecule has 2 aromatic rings. The van der Waals surface area contributed by atoms with E-state index >= 15 is 0 Å². The fourth-order valence-corrected chi connectivity index (χ4v) is 4.47. The predicted molar refractivity (Wildman–Crippen MR) is 96.9 cm³/mol. The van der Waals surface area contributed by atoms with Gasteiger partial charge in [0.15, 0.2) is 0 Å². The first-order chi connectivity index (χ1) is 11.5. The molecule has 0 bridgehead atoms. The Morgan fingerprint density at radius 1 is 1.33 bits per heavy atom. The number of anilines is 1. The standard InChI is InChI=1S/C18H24N4OS/c1-10-7-17(22(3)21-10)20-18(23)16-9-13(11(2)24-16)14-8-15(14)19-12-5-4-6-12/h7,9,12,14-15,19H,4-6,8H2,1-3H3,(H,20,23). The summed E-state index contributed by atoms with van der Waals surface area (Å²) in [6.45, 7) is 4.05. The van der Waals surface area contributed by atoms with Crippen molar-refractivity contribution in [1.82, 2.24) is 15.1 Å². The van der Waals surface area contributed by atoms with E-state index in [9.17, 15) is 4.79 Å². The van der Waals surface area contributed by atoms with Crippen LogP contribution < -0.4 is 10.6 Å². The van der Waals surface area contributed by atoms with E-state index in [1.807, 2.05) is 20.0 Å². The van der Waals surface area contributed by atoms with Crippen LogP contribution >= 0.6 is 11.3 Å². The maximum atomic E-state index is 12.5. The lowest BCUT2D eigenvalue weighted by atomic mass is 9.93. The Bertz CT molecular complexity index is 774. The number of hydrogen-bond acceptors (Lipinski definition) is 4. The summed E-state index contributed by atoms with van der Waals surface area (Å²) >= 11 is 1.59. The third-order valence-corrected chi connectivity index (χ3v) is 6.23. The van der Waals surface area contributed by atoms with Crippen LogP contribution in [0.25, 0.3) is 0 Å². The summed E-state index contributed by atoms with van der Waals surface area (Å²) in [6, 6.07) is 5.32. The number of rotatable bonds is 5. The molecule has 0 radical (unpaired) electrons. The summed E-state index contributed by atoms with van der Waals surface area (Å²) in [7, 11) is 1.84. The summed E-state index contributed by atoms with van der Waals surface area (Å²) in [5.41, 5.74) is 2.25. The highest BCUT2D eigenvalue weighted by Gasteiger charge is 2.41. The number of aryl methyl sites for hydroxylation is 3. The molecular weight excluding hydrogens is 320 g/mol. The Hall–Kier alpha value is -1.66. The zero-order chi connectivity index (χ0) is 16.8. The van der Waals surface area contributed by atoms with E-state index in [-0.39, 0.29) is 5.91 Å². The van der Waals surface area contributed by atoms with Gasteiger partial charge in [-0.3, -0.25) is 9.48 Å². The number of nitrogens with one attached hydrogen (secondary N) is 2. The highest BCUT2D eigenvalue weighted by molar-refractivity contribution is 7.14. The van der Waals surface area contributed by atoms with E-state index in [1.54, 1.807) is 16.0 Å². The van der Waals surface area contributed by atoms with Crippen molar-refractivity contribution in [3.8, 4) is 0 Å². The molecule has 2 aliphatic carbocycles. The number of thiophene rings is 1. The van der Waals surface area contributed by atoms with Crippen LogP contribution in [0.2, 0.25) is 0 Å². The van der Waals surface area contributed by atoms with Gasteiger partial charge in [-0.05, 0) is 44.7 Å². The second kappa shape index (κ2) is 6.01. The molecule has 0 aromatic carbocycles. The molecule has 1 amide bonds. The van der Waals surface area contributed by atoms with Crippen molar-refractivity contribution < 1.29 is 4.79 Å². The smallest absolute Gasteiger partial charge is 0.266 e. The number of carbonyl (C=O) groups is 1. The molecular formula is C18H24N4OS. The molecule has 2 unspecified atom stereocenters. The monoisotopic (exact) mass is 344 g/mol. The van der Waals surface area contributed by atoms with Gasteiger partial charge in [-0.15, -0.1) is 11.3 Å². The molecule has 4 rings (SSSR count). The molecule has 0 spiro atoms. The van der Waals surface area contributed by atoms with Crippen LogP contribution in [0.5, 0.6) is 0 Å². The van der Waals surface area contributed by atoms with E-state index in [4.69, 9.17) is 0 Å². The van der Waals surface area contributed by atoms with Gasteiger partial charge < -0.3 is 10.6 Å². The summed E-state index contributed by atoms with van der Waals surface area (Å²) in [5, 5.41) is 11.0. The van der Waals surface area contributed by atoms with Crippen molar-refractivity contribution in [1.29, 1.82) is 0 Å². The van der Waals surface area contributed by atoms with Gasteiger partial charge in [0.1, 0.15) is 5.82 Å². The first-order valence-corrected chi connectivity index (χ1v) is 9.51. The average Bonchev–Trinajstić information content (AvgIpc) is 3.03. The highest BCUT2D eigenvalue weighted by Crippen LogP contribution is 2.45. The van der Waals surface area contributed by atoms with Crippen molar-refractivity contribution in [3.63, 3.8) is 0 Å². The molecule has 0 saturated heterocycles. The molecule has 2 N–H and O–H groups in total. The predicted octanol–water partition coefficient (Wildman–Crippen LogP) is 3.35. The molecule has 2 aromatic heterocycles. The number of amides is 1. The Morgan fingerprint density at radius 2 is 2.12 bits per heavy atom. The molecule has 2 atom stereocenters. The zero-order valence-electron chi connectivity index (χ0n) is 14.4. The van der Waals surface area contributed by atoms with E-state index in [0.29, 0.717) is 12.0 Å². The van der Waals surface area contributed by atoms with Gasteiger partial charge in [-0.1, -0.05) is 6.42 Å². The first kappa shape index (κ1) is 15.8. The largest absolute Gasteiger partial charge is 0.311 e. The van der Waals surface area contributed by atoms with Gasteiger partial charge in [0, 0.05) is 36.0 Å². The maximum Gasteiger partial charge on any atom is 0.266 e. The lowest BCUT2D eigenvalue weighted by molar-refractivity contribution is 0.102. The Balaban J connectivity index is 1.43. The van der Waals surface area contributed by atoms with Gasteiger partial charge in [0.2, 0.25) is 0 Å². The lowest BCUT2D eigenvalue weighted by Crippen LogP contribution is -2.37. The van der Waals surface area contributed by atoms with Crippen LogP contribution in [0.1, 0.15) is 57.4 Å². The highest BCUT2D eigenvalue weighted by atomic mass is 32.1. The summed E-state index contributed by atoms with van der Waals surface area (Å²) < 4.78 is 1.70. The molecule has 2 saturated carbocycles. The van der Waals surface area contributed by atoms with Crippen molar-refractivity contribution in [2.75, 3.05) is 5.32 Å². The van der Waals surface area contributed by atoms with Crippen LogP contribution in [0.3, 0.4) is 0 Å². The van der Waals surface area contributed by atoms with E-state index in [1.165, 1.54) is 36.1 Å². The van der Waals surface area contributed by atoms with E-state index in [2.05, 4.69) is 28.7 Å². The van der Waals surface area contributed by atoms with E-state index < -0.39 is 0 Å². The van der Waals surface area contributed by atoms with Gasteiger partial charge in [-0.2, -0.15) is 5.10 Å². The minimum Gasteiger partial charge on any atom is -0.311 e. The first-order valence-electron chi connectivity index (χ1n) is 8.69. The Labute approximate surface area is 146 Å². The second-order valence-corrected chi connectivity index (χ2v) is 8.37. The van der Waals surface area contributed by atoms with E-state index in [0.717, 1.165) is 22.4 Å². The minimum atomic E-state index is -0.0403. The lowest BCUT2D eigenvalue weighted by Gasteiger charge is -2.26. The second-order valence-electron chi connectivity index (χ2n) is 7.11. The third-order valence-electron chi connectivity index (χ3n) is 5.17. The van der Waals surface area contributed by atoms with Crippen LogP contribution in [-0.4, -0.2) is 27.8 Å². The average molecular weight is 344 g/mol. The number of nitrogens with zero attached hydrogens (tertiary/aromatic N) is 2. The van der Waals surface area contributed by atoms with Gasteiger partial charge in [-0.25, -0.2) is 0 Å². The normalized spacial score (nSPS) is 23.1. The molecule has 2 aliphatic rings. The summed E-state index contributed by atoms with van der Waals surface area (Å²) in [4.78, 5) is 14.6. The number of carbonyl (C=O) groups excluding carboxylic acids is 1. The number of hydrogen-bond donors (Lipinski definition) is 2. The number of aromatic nitrogens is 2. The van der Waals surface area contributed by atoms with Crippen LogP contribution in [0.15, 0.2) is 12.1 Å². The van der Waals surface area contributed by atoms with Crippen molar-refractivity contribution in [2.45, 2.75) is 57.5 Å². The van der Waals surface area contributed by atoms with Gasteiger partial charge >= 0.3 is 0 Å². The molecule has 6 heteroatoms. The summed E-state index contributed by atoms with van der Waals surface area (Å²) in [6.07, 6.45) is 5.22. The molecule has 5 nitrogen and oxygen atoms in total. The van der Waals surface area contributed by atoms with Crippen molar-refractivity contribution >= 4 is 23.1 Å². The van der Waals surface area contributed by atoms with Crippen LogP contribution in [0, 0.1) is 13.8 Å².